The molecule has 0 saturated heterocycles. The summed E-state index contributed by atoms with van der Waals surface area (Å²) in [5.74, 6) is 0. The molecule has 0 aliphatic heterocycles. The molecule has 0 bridgehead atoms. The Morgan fingerprint density at radius 2 is 1.88 bits per heavy atom. The molecule has 25 heavy (non-hydrogen) atoms. The monoisotopic (exact) mass is 335 g/mol. The van der Waals surface area contributed by atoms with Crippen LogP contribution in [-0.2, 0) is 6.54 Å². The molecule has 0 aliphatic rings. The van der Waals surface area contributed by atoms with E-state index in [0.29, 0.717) is 6.04 Å². The van der Waals surface area contributed by atoms with E-state index in [1.165, 1.54) is 16.3 Å². The van der Waals surface area contributed by atoms with Gasteiger partial charge in [-0.25, -0.2) is 0 Å². The zero-order valence-electron chi connectivity index (χ0n) is 14.6. The van der Waals surface area contributed by atoms with Crippen molar-refractivity contribution in [2.45, 2.75) is 44.9 Å². The number of aliphatic hydroxyl groups excluding tert-OH is 1. The lowest BCUT2D eigenvalue weighted by atomic mass is 10.0. The van der Waals surface area contributed by atoms with Crippen molar-refractivity contribution >= 4 is 10.8 Å². The first-order valence-corrected chi connectivity index (χ1v) is 8.86. The fourth-order valence-corrected chi connectivity index (χ4v) is 2.99. The van der Waals surface area contributed by atoms with Gasteiger partial charge in [0.2, 0.25) is 0 Å². The minimum absolute atomic E-state index is 0.411. The van der Waals surface area contributed by atoms with Crippen molar-refractivity contribution < 1.29 is 5.11 Å². The first-order valence-electron chi connectivity index (χ1n) is 8.86. The van der Waals surface area contributed by atoms with Crippen LogP contribution in [0, 0.1) is 0 Å². The van der Waals surface area contributed by atoms with Crippen LogP contribution in [0.2, 0.25) is 0 Å². The van der Waals surface area contributed by atoms with Crippen molar-refractivity contribution in [3.8, 4) is 0 Å². The summed E-state index contributed by atoms with van der Waals surface area (Å²) < 4.78 is 0. The second kappa shape index (κ2) is 8.70. The summed E-state index contributed by atoms with van der Waals surface area (Å²) in [5, 5.41) is 16.1. The quantitative estimate of drug-likeness (QED) is 0.653. The maximum absolute atomic E-state index is 10.2. The summed E-state index contributed by atoms with van der Waals surface area (Å²) in [4.78, 5) is 8.20. The third-order valence-corrected chi connectivity index (χ3v) is 4.54. The van der Waals surface area contributed by atoms with Crippen LogP contribution in [0.1, 0.15) is 43.4 Å². The molecule has 4 nitrogen and oxygen atoms in total. The van der Waals surface area contributed by atoms with Gasteiger partial charge >= 0.3 is 0 Å². The van der Waals surface area contributed by atoms with E-state index in [1.54, 1.807) is 12.4 Å². The van der Waals surface area contributed by atoms with Crippen molar-refractivity contribution in [3.63, 3.8) is 0 Å². The molecule has 3 rings (SSSR count). The zero-order valence-corrected chi connectivity index (χ0v) is 14.6. The number of pyridine rings is 2. The zero-order chi connectivity index (χ0) is 17.5. The van der Waals surface area contributed by atoms with Crippen molar-refractivity contribution in [2.24, 2.45) is 0 Å². The maximum Gasteiger partial charge on any atom is 0.0804 e. The molecule has 3 aromatic rings. The van der Waals surface area contributed by atoms with Gasteiger partial charge in [-0.15, -0.1) is 0 Å². The molecule has 0 radical (unpaired) electrons. The fraction of sp³-hybridized carbons (Fsp3) is 0.333. The van der Waals surface area contributed by atoms with E-state index in [1.807, 2.05) is 30.6 Å². The van der Waals surface area contributed by atoms with Crippen LogP contribution in [0.15, 0.2) is 61.2 Å². The number of aromatic nitrogens is 2. The lowest BCUT2D eigenvalue weighted by Gasteiger charge is -2.16. The normalized spacial score (nSPS) is 13.7. The highest BCUT2D eigenvalue weighted by atomic mass is 16.3. The Balaban J connectivity index is 1.42. The molecule has 2 N–H and O–H groups in total. The van der Waals surface area contributed by atoms with Gasteiger partial charge in [-0.2, -0.15) is 0 Å². The number of benzene rings is 1. The highest BCUT2D eigenvalue weighted by molar-refractivity contribution is 5.81. The molecule has 2 heterocycles. The highest BCUT2D eigenvalue weighted by Crippen LogP contribution is 2.19. The van der Waals surface area contributed by atoms with Gasteiger partial charge in [0, 0.05) is 42.8 Å². The highest BCUT2D eigenvalue weighted by Gasteiger charge is 2.09. The number of aliphatic hydroxyl groups is 1. The summed E-state index contributed by atoms with van der Waals surface area (Å²) in [6.07, 6.45) is 9.55. The number of hydrogen-bond donors (Lipinski definition) is 2. The van der Waals surface area contributed by atoms with Gasteiger partial charge in [0.15, 0.2) is 0 Å². The van der Waals surface area contributed by atoms with E-state index in [2.05, 4.69) is 40.4 Å². The lowest BCUT2D eigenvalue weighted by molar-refractivity contribution is 0.162. The second-order valence-corrected chi connectivity index (χ2v) is 6.57. The van der Waals surface area contributed by atoms with Crippen molar-refractivity contribution in [1.82, 2.24) is 15.3 Å². The first kappa shape index (κ1) is 17.5. The number of rotatable bonds is 8. The number of hydrogen-bond acceptors (Lipinski definition) is 4. The maximum atomic E-state index is 10.2. The average Bonchev–Trinajstić information content (AvgIpc) is 2.67. The SMILES string of the molecule is C[C@H](CCCC(O)c1cccnc1)NCc1ccc2cnccc2c1. The standard InChI is InChI=1S/C21H25N3O/c1-16(4-2-6-21(25)20-5-3-10-22-15-20)24-13-17-7-8-19-14-23-11-9-18(19)12-17/h3,5,7-12,14-16,21,24-25H,2,4,6,13H2,1H3/t16-,21?/m1/s1. The Hall–Kier alpha value is -2.30. The molecule has 0 aliphatic carbocycles. The molecule has 0 amide bonds. The van der Waals surface area contributed by atoms with E-state index in [9.17, 15) is 5.11 Å². The predicted octanol–water partition coefficient (Wildman–Crippen LogP) is 4.01. The molecular weight excluding hydrogens is 310 g/mol. The summed E-state index contributed by atoms with van der Waals surface area (Å²) in [5.41, 5.74) is 2.18. The van der Waals surface area contributed by atoms with Gasteiger partial charge in [0.25, 0.3) is 0 Å². The molecule has 0 saturated carbocycles. The molecule has 1 aromatic carbocycles. The fourth-order valence-electron chi connectivity index (χ4n) is 2.99. The predicted molar refractivity (Wildman–Crippen MR) is 101 cm³/mol. The summed E-state index contributed by atoms with van der Waals surface area (Å²) in [6, 6.07) is 12.7. The number of nitrogens with one attached hydrogen (secondary N) is 1. The Kier molecular flexibility index (Phi) is 6.09. The van der Waals surface area contributed by atoms with Crippen LogP contribution >= 0.6 is 0 Å². The third-order valence-electron chi connectivity index (χ3n) is 4.54. The van der Waals surface area contributed by atoms with Gasteiger partial charge in [0.05, 0.1) is 6.10 Å². The molecular formula is C21H25N3O. The van der Waals surface area contributed by atoms with E-state index >= 15 is 0 Å². The largest absolute Gasteiger partial charge is 0.388 e. The first-order chi connectivity index (χ1) is 12.2. The molecule has 0 fully saturated rings. The average molecular weight is 335 g/mol. The Bertz CT molecular complexity index is 791. The van der Waals surface area contributed by atoms with Gasteiger partial charge in [-0.05, 0) is 60.9 Å². The minimum atomic E-state index is -0.421. The summed E-state index contributed by atoms with van der Waals surface area (Å²) >= 11 is 0. The number of nitrogens with zero attached hydrogens (tertiary/aromatic N) is 2. The summed E-state index contributed by atoms with van der Waals surface area (Å²) in [7, 11) is 0. The van der Waals surface area contributed by atoms with Crippen LogP contribution in [0.4, 0.5) is 0 Å². The van der Waals surface area contributed by atoms with Crippen molar-refractivity contribution in [3.05, 3.63) is 72.3 Å². The van der Waals surface area contributed by atoms with Crippen LogP contribution in [-0.4, -0.2) is 21.1 Å². The van der Waals surface area contributed by atoms with Gasteiger partial charge in [-0.1, -0.05) is 18.2 Å². The van der Waals surface area contributed by atoms with Crippen LogP contribution < -0.4 is 5.32 Å². The van der Waals surface area contributed by atoms with Gasteiger partial charge < -0.3 is 10.4 Å². The van der Waals surface area contributed by atoms with E-state index < -0.39 is 6.10 Å². The Labute approximate surface area is 149 Å². The van der Waals surface area contributed by atoms with E-state index in [-0.39, 0.29) is 0 Å². The smallest absolute Gasteiger partial charge is 0.0804 e. The van der Waals surface area contributed by atoms with Gasteiger partial charge in [-0.3, -0.25) is 9.97 Å². The van der Waals surface area contributed by atoms with Crippen LogP contribution in [0.25, 0.3) is 10.8 Å². The molecule has 0 spiro atoms. The van der Waals surface area contributed by atoms with Crippen molar-refractivity contribution in [2.75, 3.05) is 0 Å². The third kappa shape index (κ3) is 5.08. The topological polar surface area (TPSA) is 58.0 Å². The number of fused-ring (bicyclic) bond motifs is 1. The second-order valence-electron chi connectivity index (χ2n) is 6.57. The Morgan fingerprint density at radius 3 is 2.72 bits per heavy atom. The van der Waals surface area contributed by atoms with E-state index in [4.69, 9.17) is 0 Å². The molecule has 2 aromatic heterocycles. The molecule has 2 atom stereocenters. The summed E-state index contributed by atoms with van der Waals surface area (Å²) in [6.45, 7) is 3.05. The Morgan fingerprint density at radius 1 is 1.00 bits per heavy atom. The lowest BCUT2D eigenvalue weighted by Crippen LogP contribution is -2.25. The molecule has 130 valence electrons. The van der Waals surface area contributed by atoms with E-state index in [0.717, 1.165) is 31.4 Å². The van der Waals surface area contributed by atoms with Crippen molar-refractivity contribution in [1.29, 1.82) is 0 Å². The molecule has 1 unspecified atom stereocenters. The van der Waals surface area contributed by atoms with Crippen LogP contribution in [0.5, 0.6) is 0 Å². The minimum Gasteiger partial charge on any atom is -0.388 e. The van der Waals surface area contributed by atoms with Gasteiger partial charge in [0.1, 0.15) is 0 Å². The van der Waals surface area contributed by atoms with Crippen LogP contribution in [0.3, 0.4) is 0 Å². The molecule has 4 heteroatoms.